The highest BCUT2D eigenvalue weighted by molar-refractivity contribution is 5.97. The van der Waals surface area contributed by atoms with Gasteiger partial charge >= 0.3 is 0 Å². The van der Waals surface area contributed by atoms with Gasteiger partial charge in [0, 0.05) is 48.4 Å². The number of halogens is 1. The number of ether oxygens (including phenoxy) is 3. The van der Waals surface area contributed by atoms with Crippen LogP contribution in [0.5, 0.6) is 11.5 Å². The zero-order valence-electron chi connectivity index (χ0n) is 17.4. The van der Waals surface area contributed by atoms with Crippen molar-refractivity contribution in [1.82, 2.24) is 9.97 Å². The van der Waals surface area contributed by atoms with Gasteiger partial charge in [-0.1, -0.05) is 0 Å². The zero-order chi connectivity index (χ0) is 21.9. The lowest BCUT2D eigenvalue weighted by atomic mass is 10.1. The molecular weight excluding hydrogens is 411 g/mol. The molecule has 0 fully saturated rings. The van der Waals surface area contributed by atoms with Crippen molar-refractivity contribution < 1.29 is 18.6 Å². The third-order valence-corrected chi connectivity index (χ3v) is 5.16. The Kier molecular flexibility index (Phi) is 5.43. The van der Waals surface area contributed by atoms with Crippen LogP contribution < -0.4 is 20.1 Å². The summed E-state index contributed by atoms with van der Waals surface area (Å²) in [5.74, 6) is 0.754. The maximum atomic E-state index is 15.9. The molecule has 2 N–H and O–H groups in total. The Labute approximate surface area is 184 Å². The fourth-order valence-corrected chi connectivity index (χ4v) is 3.58. The van der Waals surface area contributed by atoms with E-state index in [2.05, 4.69) is 20.6 Å². The molecule has 0 aliphatic carbocycles. The largest absolute Gasteiger partial charge is 0.454 e. The molecule has 0 atom stereocenters. The predicted molar refractivity (Wildman–Crippen MR) is 121 cm³/mol. The van der Waals surface area contributed by atoms with Crippen molar-refractivity contribution in [2.24, 2.45) is 0 Å². The van der Waals surface area contributed by atoms with Crippen molar-refractivity contribution in [3.63, 3.8) is 0 Å². The normalized spacial score (nSPS) is 12.2. The van der Waals surface area contributed by atoms with Crippen molar-refractivity contribution in [2.45, 2.75) is 0 Å². The molecule has 0 spiro atoms. The van der Waals surface area contributed by atoms with Crippen molar-refractivity contribution in [3.05, 3.63) is 66.7 Å². The van der Waals surface area contributed by atoms with E-state index in [1.807, 2.05) is 18.2 Å². The second-order valence-corrected chi connectivity index (χ2v) is 7.23. The van der Waals surface area contributed by atoms with E-state index in [1.165, 1.54) is 0 Å². The molecule has 8 heteroatoms. The fraction of sp³-hybridized carbons (Fsp3) is 0.167. The average Bonchev–Trinajstić information content (AvgIpc) is 3.30. The molecule has 0 radical (unpaired) electrons. The summed E-state index contributed by atoms with van der Waals surface area (Å²) >= 11 is 0. The van der Waals surface area contributed by atoms with Gasteiger partial charge in [0.25, 0.3) is 0 Å². The summed E-state index contributed by atoms with van der Waals surface area (Å²) in [6.07, 6.45) is 3.31. The molecule has 0 amide bonds. The highest BCUT2D eigenvalue weighted by Gasteiger charge is 2.20. The van der Waals surface area contributed by atoms with Gasteiger partial charge in [0.15, 0.2) is 17.3 Å². The summed E-state index contributed by atoms with van der Waals surface area (Å²) in [6.45, 7) is 1.36. The van der Waals surface area contributed by atoms with Gasteiger partial charge in [-0.3, -0.25) is 4.98 Å². The van der Waals surface area contributed by atoms with Crippen molar-refractivity contribution >= 4 is 28.0 Å². The molecule has 2 aromatic heterocycles. The monoisotopic (exact) mass is 432 g/mol. The Morgan fingerprint density at radius 1 is 1.00 bits per heavy atom. The molecule has 3 heterocycles. The van der Waals surface area contributed by atoms with Crippen LogP contribution in [0.1, 0.15) is 0 Å². The Morgan fingerprint density at radius 2 is 1.84 bits per heavy atom. The first-order valence-electron chi connectivity index (χ1n) is 10.2. The van der Waals surface area contributed by atoms with Gasteiger partial charge in [0.1, 0.15) is 5.69 Å². The van der Waals surface area contributed by atoms with Gasteiger partial charge in [-0.15, -0.1) is 0 Å². The molecule has 162 valence electrons. The van der Waals surface area contributed by atoms with Crippen molar-refractivity contribution in [1.29, 1.82) is 0 Å². The number of pyridine rings is 2. The van der Waals surface area contributed by atoms with E-state index < -0.39 is 5.82 Å². The number of rotatable bonds is 7. The molecule has 1 aliphatic heterocycles. The van der Waals surface area contributed by atoms with Crippen LogP contribution in [-0.2, 0) is 4.74 Å². The highest BCUT2D eigenvalue weighted by atomic mass is 19.1. The van der Waals surface area contributed by atoms with Gasteiger partial charge in [-0.25, -0.2) is 9.37 Å². The Hall–Kier alpha value is -3.91. The van der Waals surface area contributed by atoms with E-state index in [9.17, 15) is 0 Å². The lowest BCUT2D eigenvalue weighted by Crippen LogP contribution is -2.07. The van der Waals surface area contributed by atoms with Gasteiger partial charge in [-0.05, 0) is 48.5 Å². The van der Waals surface area contributed by atoms with Crippen LogP contribution >= 0.6 is 0 Å². The average molecular weight is 432 g/mol. The van der Waals surface area contributed by atoms with Crippen LogP contribution in [0, 0.1) is 5.82 Å². The van der Waals surface area contributed by atoms with Crippen LogP contribution in [0.25, 0.3) is 22.2 Å². The molecule has 0 saturated heterocycles. The molecule has 0 bridgehead atoms. The Morgan fingerprint density at radius 3 is 2.69 bits per heavy atom. The number of fused-ring (bicyclic) bond motifs is 2. The standard InChI is InChI=1S/C24H21FN4O3/c1-30-11-10-27-17-3-4-19-18(13-17)24(28-16-6-8-26-9-7-16)22(25)23(29-19)15-2-5-20-21(12-15)32-14-31-20/h2-9,12-13,27H,10-11,14H2,1H3,(H,26,28,29). The summed E-state index contributed by atoms with van der Waals surface area (Å²) in [5.41, 5.74) is 3.41. The molecule has 2 aromatic carbocycles. The Balaban J connectivity index is 1.64. The lowest BCUT2D eigenvalue weighted by molar-refractivity contribution is 0.174. The summed E-state index contributed by atoms with van der Waals surface area (Å²) in [7, 11) is 1.65. The van der Waals surface area contributed by atoms with E-state index >= 15 is 4.39 Å². The van der Waals surface area contributed by atoms with Crippen LogP contribution in [0.15, 0.2) is 60.9 Å². The topological polar surface area (TPSA) is 77.5 Å². The summed E-state index contributed by atoms with van der Waals surface area (Å²) in [6, 6.07) is 14.5. The van der Waals surface area contributed by atoms with Gasteiger partial charge in [-0.2, -0.15) is 0 Å². The number of hydrogen-bond acceptors (Lipinski definition) is 7. The number of anilines is 3. The first-order chi connectivity index (χ1) is 15.7. The number of aromatic nitrogens is 2. The molecule has 0 saturated carbocycles. The van der Waals surface area contributed by atoms with Gasteiger partial charge in [0.2, 0.25) is 6.79 Å². The summed E-state index contributed by atoms with van der Waals surface area (Å²) in [5, 5.41) is 7.15. The van der Waals surface area contributed by atoms with Crippen molar-refractivity contribution in [3.8, 4) is 22.8 Å². The minimum atomic E-state index is -0.456. The summed E-state index contributed by atoms with van der Waals surface area (Å²) < 4.78 is 31.8. The van der Waals surface area contributed by atoms with E-state index in [0.29, 0.717) is 46.8 Å². The SMILES string of the molecule is COCCNc1ccc2nc(-c3ccc4c(c3)OCO4)c(F)c(Nc3ccncc3)c2c1. The number of nitrogens with one attached hydrogen (secondary N) is 2. The first kappa shape index (κ1) is 20.0. The lowest BCUT2D eigenvalue weighted by Gasteiger charge is -2.16. The quantitative estimate of drug-likeness (QED) is 0.400. The number of hydrogen-bond donors (Lipinski definition) is 2. The molecule has 1 aliphatic rings. The molecule has 0 unspecified atom stereocenters. The molecule has 4 aromatic rings. The minimum absolute atomic E-state index is 0.153. The third-order valence-electron chi connectivity index (χ3n) is 5.16. The van der Waals surface area contributed by atoms with E-state index in [-0.39, 0.29) is 12.5 Å². The highest BCUT2D eigenvalue weighted by Crippen LogP contribution is 2.39. The molecular formula is C24H21FN4O3. The number of nitrogens with zero attached hydrogens (tertiary/aromatic N) is 2. The maximum Gasteiger partial charge on any atom is 0.231 e. The van der Waals surface area contributed by atoms with Crippen LogP contribution in [0.3, 0.4) is 0 Å². The van der Waals surface area contributed by atoms with E-state index in [4.69, 9.17) is 14.2 Å². The Bertz CT molecular complexity index is 1270. The first-order valence-corrected chi connectivity index (χ1v) is 10.2. The predicted octanol–water partition coefficient (Wildman–Crippen LogP) is 4.97. The van der Waals surface area contributed by atoms with Crippen LogP contribution in [0.4, 0.5) is 21.5 Å². The van der Waals surface area contributed by atoms with Crippen molar-refractivity contribution in [2.75, 3.05) is 37.7 Å². The molecule has 7 nitrogen and oxygen atoms in total. The number of methoxy groups -OCH3 is 1. The smallest absolute Gasteiger partial charge is 0.231 e. The third kappa shape index (κ3) is 3.88. The molecule has 5 rings (SSSR count). The zero-order valence-corrected chi connectivity index (χ0v) is 17.4. The summed E-state index contributed by atoms with van der Waals surface area (Å²) in [4.78, 5) is 8.67. The number of benzene rings is 2. The van der Waals surface area contributed by atoms with Crippen LogP contribution in [0.2, 0.25) is 0 Å². The second kappa shape index (κ2) is 8.68. The van der Waals surface area contributed by atoms with E-state index in [1.54, 1.807) is 49.8 Å². The van der Waals surface area contributed by atoms with E-state index in [0.717, 1.165) is 11.4 Å². The van der Waals surface area contributed by atoms with Gasteiger partial charge in [0.05, 0.1) is 17.8 Å². The fourth-order valence-electron chi connectivity index (χ4n) is 3.58. The molecule has 32 heavy (non-hydrogen) atoms. The van der Waals surface area contributed by atoms with Crippen LogP contribution in [-0.4, -0.2) is 37.0 Å². The second-order valence-electron chi connectivity index (χ2n) is 7.23. The maximum absolute atomic E-state index is 15.9. The minimum Gasteiger partial charge on any atom is -0.454 e. The van der Waals surface area contributed by atoms with Gasteiger partial charge < -0.3 is 24.8 Å².